The summed E-state index contributed by atoms with van der Waals surface area (Å²) in [5.41, 5.74) is 0. The first-order valence-corrected chi connectivity index (χ1v) is 3.88. The van der Waals surface area contributed by atoms with Gasteiger partial charge in [0, 0.05) is 6.42 Å². The predicted molar refractivity (Wildman–Crippen MR) is 45.8 cm³/mol. The number of unbranched alkanes of at least 4 members (excludes halogenated alkanes) is 1. The number of hydrogen-bond acceptors (Lipinski definition) is 4. The first-order chi connectivity index (χ1) is 6.61. The van der Waals surface area contributed by atoms with Gasteiger partial charge in [0.05, 0.1) is 6.07 Å². The van der Waals surface area contributed by atoms with E-state index in [1.807, 2.05) is 6.07 Å². The van der Waals surface area contributed by atoms with Crippen LogP contribution in [0, 0.1) is 23.7 Å². The Kier molecular flexibility index (Phi) is 5.57. The summed E-state index contributed by atoms with van der Waals surface area (Å²) < 4.78 is 4.42. The van der Waals surface area contributed by atoms with Crippen LogP contribution in [0.4, 0.5) is 0 Å². The van der Waals surface area contributed by atoms with E-state index >= 15 is 0 Å². The van der Waals surface area contributed by atoms with Crippen molar-refractivity contribution in [3.63, 3.8) is 0 Å². The number of ether oxygens (including phenoxy) is 1. The van der Waals surface area contributed by atoms with Crippen LogP contribution < -0.4 is 0 Å². The number of hydrogen-bond donors (Lipinski definition) is 1. The lowest BCUT2D eigenvalue weighted by molar-refractivity contribution is -0.165. The van der Waals surface area contributed by atoms with Crippen LogP contribution >= 0.6 is 0 Å². The third-order valence-corrected chi connectivity index (χ3v) is 1.36. The number of carbonyl (C=O) groups is 2. The monoisotopic (exact) mass is 195 g/mol. The number of rotatable bonds is 4. The number of carbonyl (C=O) groups excluding carboxylic acids is 1. The molecule has 1 atom stereocenters. The van der Waals surface area contributed by atoms with Gasteiger partial charge in [-0.25, -0.2) is 9.59 Å². The molecule has 0 heterocycles. The summed E-state index contributed by atoms with van der Waals surface area (Å²) in [5, 5.41) is 16.4. The number of nitriles is 1. The molecule has 5 nitrogen and oxygen atoms in total. The molecule has 1 unspecified atom stereocenters. The topological polar surface area (TPSA) is 87.4 Å². The van der Waals surface area contributed by atoms with Gasteiger partial charge in [0.15, 0.2) is 6.10 Å². The summed E-state index contributed by atoms with van der Waals surface area (Å²) in [6.45, 7) is 0. The maximum Gasteiger partial charge on any atom is 0.418 e. The van der Waals surface area contributed by atoms with E-state index in [-0.39, 0.29) is 0 Å². The van der Waals surface area contributed by atoms with E-state index in [0.29, 0.717) is 19.3 Å². The van der Waals surface area contributed by atoms with Crippen LogP contribution in [-0.2, 0) is 14.3 Å². The Morgan fingerprint density at radius 1 is 1.57 bits per heavy atom. The van der Waals surface area contributed by atoms with E-state index in [2.05, 4.69) is 10.7 Å². The molecule has 0 amide bonds. The quantitative estimate of drug-likeness (QED) is 0.302. The second kappa shape index (κ2) is 6.50. The summed E-state index contributed by atoms with van der Waals surface area (Å²) in [6.07, 6.45) is 5.19. The zero-order chi connectivity index (χ0) is 11.0. The number of carboxylic acid groups (broad SMARTS) is 1. The van der Waals surface area contributed by atoms with E-state index in [9.17, 15) is 9.59 Å². The van der Waals surface area contributed by atoms with Crippen LogP contribution in [0.1, 0.15) is 19.3 Å². The highest BCUT2D eigenvalue weighted by molar-refractivity contribution is 6.28. The lowest BCUT2D eigenvalue weighted by Crippen LogP contribution is -2.23. The number of terminal acetylenes is 1. The average Bonchev–Trinajstić information content (AvgIpc) is 2.16. The van der Waals surface area contributed by atoms with Crippen LogP contribution in [-0.4, -0.2) is 23.1 Å². The van der Waals surface area contributed by atoms with E-state index in [0.717, 1.165) is 0 Å². The fourth-order valence-electron chi connectivity index (χ4n) is 0.722. The van der Waals surface area contributed by atoms with Gasteiger partial charge in [-0.3, -0.25) is 0 Å². The van der Waals surface area contributed by atoms with Crippen molar-refractivity contribution in [2.24, 2.45) is 0 Å². The van der Waals surface area contributed by atoms with Crippen molar-refractivity contribution in [3.8, 4) is 18.4 Å². The highest BCUT2D eigenvalue weighted by Gasteiger charge is 2.17. The Morgan fingerprint density at radius 3 is 2.64 bits per heavy atom. The van der Waals surface area contributed by atoms with Gasteiger partial charge >= 0.3 is 11.9 Å². The van der Waals surface area contributed by atoms with E-state index in [1.165, 1.54) is 0 Å². The Labute approximate surface area is 81.3 Å². The molecule has 0 aromatic carbocycles. The predicted octanol–water partition coefficient (Wildman–Crippen LogP) is 0.310. The molecule has 0 saturated carbocycles. The van der Waals surface area contributed by atoms with E-state index in [1.54, 1.807) is 0 Å². The van der Waals surface area contributed by atoms with E-state index < -0.39 is 18.0 Å². The number of aliphatic carboxylic acids is 1. The Balaban J connectivity index is 3.94. The first kappa shape index (κ1) is 12.0. The molecule has 14 heavy (non-hydrogen) atoms. The summed E-state index contributed by atoms with van der Waals surface area (Å²) in [5.74, 6) is -0.915. The van der Waals surface area contributed by atoms with Crippen molar-refractivity contribution in [1.82, 2.24) is 0 Å². The molecular weight excluding hydrogens is 186 g/mol. The second-order valence-electron chi connectivity index (χ2n) is 2.42. The van der Waals surface area contributed by atoms with Crippen molar-refractivity contribution >= 4 is 11.9 Å². The number of esters is 1. The molecule has 0 aliphatic carbocycles. The molecule has 0 aromatic rings. The zero-order valence-electron chi connectivity index (χ0n) is 7.40. The Bertz CT molecular complexity index is 297. The highest BCUT2D eigenvalue weighted by atomic mass is 16.6. The summed E-state index contributed by atoms with van der Waals surface area (Å²) >= 11 is 0. The smallest absolute Gasteiger partial charge is 0.418 e. The highest BCUT2D eigenvalue weighted by Crippen LogP contribution is 2.04. The third-order valence-electron chi connectivity index (χ3n) is 1.36. The lowest BCUT2D eigenvalue weighted by Gasteiger charge is -2.08. The molecule has 5 heteroatoms. The van der Waals surface area contributed by atoms with Gasteiger partial charge in [-0.05, 0) is 12.8 Å². The summed E-state index contributed by atoms with van der Waals surface area (Å²) in [6, 6.07) is 1.90. The maximum absolute atomic E-state index is 10.6. The second-order valence-corrected chi connectivity index (χ2v) is 2.42. The fraction of sp³-hybridized carbons (Fsp3) is 0.444. The van der Waals surface area contributed by atoms with Gasteiger partial charge in [0.25, 0.3) is 0 Å². The lowest BCUT2D eigenvalue weighted by atomic mass is 10.2. The minimum Gasteiger partial charge on any atom is -0.473 e. The molecule has 0 aliphatic heterocycles. The third kappa shape index (κ3) is 4.78. The van der Waals surface area contributed by atoms with Gasteiger partial charge in [0.1, 0.15) is 0 Å². The average molecular weight is 195 g/mol. The van der Waals surface area contributed by atoms with Crippen molar-refractivity contribution < 1.29 is 19.4 Å². The molecule has 0 aromatic heterocycles. The molecule has 0 bridgehead atoms. The van der Waals surface area contributed by atoms with Gasteiger partial charge < -0.3 is 9.84 Å². The molecule has 0 saturated heterocycles. The Hall–Kier alpha value is -2.01. The Morgan fingerprint density at radius 2 is 2.21 bits per heavy atom. The first-order valence-electron chi connectivity index (χ1n) is 3.88. The number of carboxylic acids is 1. The van der Waals surface area contributed by atoms with Gasteiger partial charge in [-0.15, -0.1) is 6.42 Å². The maximum atomic E-state index is 10.6. The van der Waals surface area contributed by atoms with Crippen molar-refractivity contribution in [2.45, 2.75) is 25.4 Å². The SMILES string of the molecule is C#CC(CCCC#N)OC(=O)C(=O)O. The van der Waals surface area contributed by atoms with Crippen molar-refractivity contribution in [1.29, 1.82) is 5.26 Å². The minimum absolute atomic E-state index is 0.294. The normalized spacial score (nSPS) is 10.7. The van der Waals surface area contributed by atoms with Crippen LogP contribution in [0.15, 0.2) is 0 Å². The van der Waals surface area contributed by atoms with Gasteiger partial charge in [-0.1, -0.05) is 5.92 Å². The number of nitrogens with zero attached hydrogens (tertiary/aromatic N) is 1. The van der Waals surface area contributed by atoms with Crippen LogP contribution in [0.25, 0.3) is 0 Å². The van der Waals surface area contributed by atoms with Crippen molar-refractivity contribution in [3.05, 3.63) is 0 Å². The van der Waals surface area contributed by atoms with Gasteiger partial charge in [0.2, 0.25) is 0 Å². The summed E-state index contributed by atoms with van der Waals surface area (Å²) in [4.78, 5) is 20.6. The summed E-state index contributed by atoms with van der Waals surface area (Å²) in [7, 11) is 0. The minimum atomic E-state index is -1.68. The van der Waals surface area contributed by atoms with Crippen LogP contribution in [0.5, 0.6) is 0 Å². The fourth-order valence-corrected chi connectivity index (χ4v) is 0.722. The molecule has 0 rings (SSSR count). The largest absolute Gasteiger partial charge is 0.473 e. The molecule has 74 valence electrons. The van der Waals surface area contributed by atoms with Crippen molar-refractivity contribution in [2.75, 3.05) is 0 Å². The molecular formula is C9H9NO4. The standard InChI is InChI=1S/C9H9NO4/c1-2-7(5-3-4-6-10)14-9(13)8(11)12/h1,7H,3-5H2,(H,11,12). The van der Waals surface area contributed by atoms with Gasteiger partial charge in [-0.2, -0.15) is 5.26 Å². The molecule has 0 radical (unpaired) electrons. The molecule has 1 N–H and O–H groups in total. The molecule has 0 spiro atoms. The van der Waals surface area contributed by atoms with E-state index in [4.69, 9.17) is 16.8 Å². The van der Waals surface area contributed by atoms with Crippen LogP contribution in [0.2, 0.25) is 0 Å². The molecule has 0 aliphatic rings. The molecule has 0 fully saturated rings. The van der Waals surface area contributed by atoms with Crippen LogP contribution in [0.3, 0.4) is 0 Å². The zero-order valence-corrected chi connectivity index (χ0v) is 7.40.